The van der Waals surface area contributed by atoms with Gasteiger partial charge in [-0.3, -0.25) is 29.4 Å². The molecular formula is C19H17F3N4O4. The topological polar surface area (TPSA) is 98.8 Å². The Balaban J connectivity index is 1.57. The predicted molar refractivity (Wildman–Crippen MR) is 95.1 cm³/mol. The van der Waals surface area contributed by atoms with Gasteiger partial charge in [-0.1, -0.05) is 0 Å². The van der Waals surface area contributed by atoms with Gasteiger partial charge in [0.15, 0.2) is 17.5 Å². The van der Waals surface area contributed by atoms with E-state index in [0.717, 1.165) is 12.8 Å². The largest absolute Gasteiger partial charge is 0.364 e. The number of hydrogen-bond acceptors (Lipinski definition) is 6. The molecule has 5 rings (SSSR count). The molecule has 3 unspecified atom stereocenters. The van der Waals surface area contributed by atoms with E-state index in [1.54, 1.807) is 0 Å². The zero-order valence-corrected chi connectivity index (χ0v) is 15.6. The van der Waals surface area contributed by atoms with Gasteiger partial charge < -0.3 is 10.2 Å². The number of amides is 4. The standard InChI is InChI=1S/C19H17F3N4O4/c20-13-11-12(19(30)26(18(11)29)9-3-4-10(27)24-17(9)28)14(21)16(15(13)22)25-5-7-1-2-8(6-25)23-7/h7-9,23H,1-6H2,(H,24,27,28). The van der Waals surface area contributed by atoms with E-state index in [-0.39, 0.29) is 38.0 Å². The Labute approximate surface area is 168 Å². The highest BCUT2D eigenvalue weighted by atomic mass is 19.2. The number of nitrogens with zero attached hydrogens (tertiary/aromatic N) is 2. The second kappa shape index (κ2) is 6.53. The third-order valence-corrected chi connectivity index (χ3v) is 6.22. The number of benzene rings is 1. The Hall–Kier alpha value is -2.95. The van der Waals surface area contributed by atoms with Crippen LogP contribution >= 0.6 is 0 Å². The molecule has 8 nitrogen and oxygen atoms in total. The lowest BCUT2D eigenvalue weighted by atomic mass is 10.0. The summed E-state index contributed by atoms with van der Waals surface area (Å²) in [6, 6.07) is -1.40. The van der Waals surface area contributed by atoms with Crippen molar-refractivity contribution in [2.45, 2.75) is 43.8 Å². The molecule has 0 spiro atoms. The van der Waals surface area contributed by atoms with Crippen molar-refractivity contribution in [2.24, 2.45) is 0 Å². The lowest BCUT2D eigenvalue weighted by Gasteiger charge is -2.35. The first-order valence-corrected chi connectivity index (χ1v) is 9.71. The van der Waals surface area contributed by atoms with Gasteiger partial charge in [0, 0.05) is 31.6 Å². The van der Waals surface area contributed by atoms with Crippen molar-refractivity contribution < 1.29 is 32.3 Å². The summed E-state index contributed by atoms with van der Waals surface area (Å²) in [7, 11) is 0. The van der Waals surface area contributed by atoms with Crippen molar-refractivity contribution in [3.8, 4) is 0 Å². The molecule has 2 N–H and O–H groups in total. The molecule has 3 atom stereocenters. The van der Waals surface area contributed by atoms with Crippen LogP contribution in [0.25, 0.3) is 0 Å². The summed E-state index contributed by atoms with van der Waals surface area (Å²) in [5, 5.41) is 5.28. The van der Waals surface area contributed by atoms with Gasteiger partial charge in [-0.05, 0) is 19.3 Å². The highest BCUT2D eigenvalue weighted by Gasteiger charge is 2.50. The van der Waals surface area contributed by atoms with Gasteiger partial charge in [0.05, 0.1) is 11.1 Å². The first kappa shape index (κ1) is 19.0. The molecule has 1 aromatic rings. The molecule has 4 heterocycles. The van der Waals surface area contributed by atoms with E-state index in [9.17, 15) is 28.0 Å². The number of carbonyl (C=O) groups is 4. The minimum absolute atomic E-state index is 0.00355. The molecular weight excluding hydrogens is 405 g/mol. The smallest absolute Gasteiger partial charge is 0.265 e. The number of nitrogens with one attached hydrogen (secondary N) is 2. The number of piperazine rings is 1. The fourth-order valence-corrected chi connectivity index (χ4v) is 4.85. The number of piperidine rings is 1. The number of imide groups is 2. The Morgan fingerprint density at radius 2 is 1.40 bits per heavy atom. The van der Waals surface area contributed by atoms with Gasteiger partial charge in [-0.15, -0.1) is 0 Å². The Bertz CT molecular complexity index is 1020. The zero-order chi connectivity index (χ0) is 21.3. The number of rotatable bonds is 2. The van der Waals surface area contributed by atoms with Crippen molar-refractivity contribution in [3.05, 3.63) is 28.6 Å². The zero-order valence-electron chi connectivity index (χ0n) is 15.6. The van der Waals surface area contributed by atoms with Crippen LogP contribution in [-0.4, -0.2) is 59.7 Å². The quantitative estimate of drug-likeness (QED) is 0.531. The van der Waals surface area contributed by atoms with Gasteiger partial charge in [0.1, 0.15) is 11.7 Å². The third kappa shape index (κ3) is 2.57. The van der Waals surface area contributed by atoms with E-state index in [2.05, 4.69) is 5.32 Å². The number of fused-ring (bicyclic) bond motifs is 3. The molecule has 2 bridgehead atoms. The molecule has 0 aliphatic carbocycles. The summed E-state index contributed by atoms with van der Waals surface area (Å²) in [4.78, 5) is 50.8. The minimum Gasteiger partial charge on any atom is -0.364 e. The van der Waals surface area contributed by atoms with Crippen LogP contribution in [0.15, 0.2) is 0 Å². The van der Waals surface area contributed by atoms with Gasteiger partial charge in [0.2, 0.25) is 11.8 Å². The second-order valence-corrected chi connectivity index (χ2v) is 8.03. The van der Waals surface area contributed by atoms with E-state index in [0.29, 0.717) is 4.90 Å². The molecule has 3 saturated heterocycles. The fourth-order valence-electron chi connectivity index (χ4n) is 4.85. The first-order chi connectivity index (χ1) is 14.3. The molecule has 4 aliphatic heterocycles. The maximum atomic E-state index is 15.4. The predicted octanol–water partition coefficient (Wildman–Crippen LogP) is 0.446. The van der Waals surface area contributed by atoms with Crippen LogP contribution in [0, 0.1) is 17.5 Å². The SMILES string of the molecule is O=C1CCC(N2C(=O)c3c(F)c(F)c(N4CC5CCC(C4)N5)c(F)c3C2=O)C(=O)N1. The number of carbonyl (C=O) groups excluding carboxylic acids is 4. The van der Waals surface area contributed by atoms with Crippen molar-refractivity contribution >= 4 is 29.3 Å². The van der Waals surface area contributed by atoms with E-state index < -0.39 is 63.9 Å². The van der Waals surface area contributed by atoms with Crippen LogP contribution in [-0.2, 0) is 9.59 Å². The summed E-state index contributed by atoms with van der Waals surface area (Å²) in [6.07, 6.45) is 1.32. The lowest BCUT2D eigenvalue weighted by Crippen LogP contribution is -2.54. The monoisotopic (exact) mass is 422 g/mol. The molecule has 0 radical (unpaired) electrons. The lowest BCUT2D eigenvalue weighted by molar-refractivity contribution is -0.136. The highest BCUT2D eigenvalue weighted by Crippen LogP contribution is 2.39. The van der Waals surface area contributed by atoms with Crippen LogP contribution < -0.4 is 15.5 Å². The van der Waals surface area contributed by atoms with Gasteiger partial charge in [0.25, 0.3) is 11.8 Å². The van der Waals surface area contributed by atoms with Crippen LogP contribution in [0.2, 0.25) is 0 Å². The average molecular weight is 422 g/mol. The van der Waals surface area contributed by atoms with Crippen LogP contribution in [0.4, 0.5) is 18.9 Å². The van der Waals surface area contributed by atoms with Crippen molar-refractivity contribution in [2.75, 3.05) is 18.0 Å². The normalized spacial score (nSPS) is 28.3. The molecule has 11 heteroatoms. The molecule has 3 fully saturated rings. The maximum Gasteiger partial charge on any atom is 0.265 e. The molecule has 0 aromatic heterocycles. The van der Waals surface area contributed by atoms with Crippen LogP contribution in [0.1, 0.15) is 46.4 Å². The van der Waals surface area contributed by atoms with E-state index in [1.807, 2.05) is 5.32 Å². The molecule has 1 aromatic carbocycles. The Morgan fingerprint density at radius 3 is 2.00 bits per heavy atom. The molecule has 158 valence electrons. The summed E-state index contributed by atoms with van der Waals surface area (Å²) in [5.41, 5.74) is -2.55. The second-order valence-electron chi connectivity index (χ2n) is 8.03. The molecule has 0 saturated carbocycles. The maximum absolute atomic E-state index is 15.4. The summed E-state index contributed by atoms with van der Waals surface area (Å²) in [5.74, 6) is -8.43. The van der Waals surface area contributed by atoms with Crippen molar-refractivity contribution in [3.63, 3.8) is 0 Å². The minimum atomic E-state index is -1.61. The van der Waals surface area contributed by atoms with E-state index in [1.165, 1.54) is 4.90 Å². The molecule has 4 aliphatic rings. The van der Waals surface area contributed by atoms with Gasteiger partial charge in [-0.2, -0.15) is 0 Å². The van der Waals surface area contributed by atoms with E-state index >= 15 is 4.39 Å². The van der Waals surface area contributed by atoms with Gasteiger partial charge >= 0.3 is 0 Å². The van der Waals surface area contributed by atoms with Gasteiger partial charge in [-0.25, -0.2) is 13.2 Å². The van der Waals surface area contributed by atoms with Crippen LogP contribution in [0.5, 0.6) is 0 Å². The first-order valence-electron chi connectivity index (χ1n) is 9.71. The number of anilines is 1. The summed E-state index contributed by atoms with van der Waals surface area (Å²) in [6.45, 7) is 0.475. The third-order valence-electron chi connectivity index (χ3n) is 6.22. The van der Waals surface area contributed by atoms with E-state index in [4.69, 9.17) is 0 Å². The number of halogens is 3. The summed E-state index contributed by atoms with van der Waals surface area (Å²) < 4.78 is 45.2. The highest BCUT2D eigenvalue weighted by molar-refractivity contribution is 6.24. The van der Waals surface area contributed by atoms with Crippen LogP contribution in [0.3, 0.4) is 0 Å². The van der Waals surface area contributed by atoms with Crippen molar-refractivity contribution in [1.82, 2.24) is 15.5 Å². The average Bonchev–Trinajstić information content (AvgIpc) is 3.16. The Morgan fingerprint density at radius 1 is 0.800 bits per heavy atom. The Kier molecular flexibility index (Phi) is 4.14. The molecule has 30 heavy (non-hydrogen) atoms. The number of hydrogen-bond donors (Lipinski definition) is 2. The fraction of sp³-hybridized carbons (Fsp3) is 0.474. The summed E-state index contributed by atoms with van der Waals surface area (Å²) >= 11 is 0. The van der Waals surface area contributed by atoms with Crippen molar-refractivity contribution in [1.29, 1.82) is 0 Å². The molecule has 4 amide bonds.